The first-order chi connectivity index (χ1) is 6.31. The lowest BCUT2D eigenvalue weighted by Crippen LogP contribution is -2.40. The fraction of sp³-hybridized carbons (Fsp3) is 1.00. The highest BCUT2D eigenvalue weighted by molar-refractivity contribution is 7.99. The van der Waals surface area contributed by atoms with Gasteiger partial charge >= 0.3 is 0 Å². The molecule has 0 bridgehead atoms. The van der Waals surface area contributed by atoms with E-state index in [1.165, 1.54) is 31.4 Å². The molecule has 0 aromatic heterocycles. The van der Waals surface area contributed by atoms with E-state index < -0.39 is 0 Å². The van der Waals surface area contributed by atoms with E-state index in [0.717, 1.165) is 17.2 Å². The molecule has 2 heteroatoms. The third-order valence-electron chi connectivity index (χ3n) is 3.23. The molecular formula is C11H23NS. The molecule has 1 N–H and O–H groups in total. The molecule has 0 aliphatic heterocycles. The molecule has 0 amide bonds. The monoisotopic (exact) mass is 201 g/mol. The summed E-state index contributed by atoms with van der Waals surface area (Å²) in [7, 11) is 2.11. The SMILES string of the molecule is CCSC1CC(CC)CCC1NC. The van der Waals surface area contributed by atoms with E-state index in [-0.39, 0.29) is 0 Å². The Balaban J connectivity index is 2.42. The largest absolute Gasteiger partial charge is 0.316 e. The molecule has 3 unspecified atom stereocenters. The van der Waals surface area contributed by atoms with E-state index in [1.54, 1.807) is 0 Å². The predicted octanol–water partition coefficient (Wildman–Crippen LogP) is 2.91. The molecule has 0 heterocycles. The highest BCUT2D eigenvalue weighted by Crippen LogP contribution is 2.33. The van der Waals surface area contributed by atoms with Gasteiger partial charge in [0.15, 0.2) is 0 Å². The molecule has 0 saturated heterocycles. The van der Waals surface area contributed by atoms with Crippen LogP contribution in [0.25, 0.3) is 0 Å². The number of rotatable bonds is 4. The molecule has 0 spiro atoms. The van der Waals surface area contributed by atoms with Gasteiger partial charge in [-0.2, -0.15) is 11.8 Å². The minimum absolute atomic E-state index is 0.771. The molecule has 3 atom stereocenters. The summed E-state index contributed by atoms with van der Waals surface area (Å²) >= 11 is 2.14. The fourth-order valence-electron chi connectivity index (χ4n) is 2.31. The predicted molar refractivity (Wildman–Crippen MR) is 62.4 cm³/mol. The molecule has 1 fully saturated rings. The molecule has 1 saturated carbocycles. The Morgan fingerprint density at radius 3 is 2.62 bits per heavy atom. The van der Waals surface area contributed by atoms with Gasteiger partial charge in [-0.3, -0.25) is 0 Å². The maximum Gasteiger partial charge on any atom is 0.0203 e. The average molecular weight is 201 g/mol. The zero-order chi connectivity index (χ0) is 9.68. The Morgan fingerprint density at radius 1 is 1.31 bits per heavy atom. The van der Waals surface area contributed by atoms with Gasteiger partial charge < -0.3 is 5.32 Å². The number of thioether (sulfide) groups is 1. The van der Waals surface area contributed by atoms with Crippen molar-refractivity contribution in [3.63, 3.8) is 0 Å². The summed E-state index contributed by atoms with van der Waals surface area (Å²) in [4.78, 5) is 0. The van der Waals surface area contributed by atoms with Crippen molar-refractivity contribution in [1.82, 2.24) is 5.32 Å². The lowest BCUT2D eigenvalue weighted by Gasteiger charge is -2.35. The summed E-state index contributed by atoms with van der Waals surface area (Å²) < 4.78 is 0. The van der Waals surface area contributed by atoms with Crippen molar-refractivity contribution in [3.05, 3.63) is 0 Å². The second-order valence-corrected chi connectivity index (χ2v) is 5.49. The third kappa shape index (κ3) is 3.17. The summed E-state index contributed by atoms with van der Waals surface area (Å²) in [5.41, 5.74) is 0. The summed E-state index contributed by atoms with van der Waals surface area (Å²) in [6.45, 7) is 4.60. The van der Waals surface area contributed by atoms with E-state index in [9.17, 15) is 0 Å². The van der Waals surface area contributed by atoms with Crippen molar-refractivity contribution >= 4 is 11.8 Å². The highest BCUT2D eigenvalue weighted by Gasteiger charge is 2.28. The van der Waals surface area contributed by atoms with Crippen LogP contribution in [-0.2, 0) is 0 Å². The van der Waals surface area contributed by atoms with Crippen molar-refractivity contribution in [2.24, 2.45) is 5.92 Å². The molecule has 1 nitrogen and oxygen atoms in total. The highest BCUT2D eigenvalue weighted by atomic mass is 32.2. The molecule has 0 aromatic rings. The molecule has 78 valence electrons. The molecule has 0 aromatic carbocycles. The van der Waals surface area contributed by atoms with Crippen molar-refractivity contribution < 1.29 is 0 Å². The Bertz CT molecular complexity index is 138. The van der Waals surface area contributed by atoms with E-state index in [0.29, 0.717) is 0 Å². The Hall–Kier alpha value is 0.310. The van der Waals surface area contributed by atoms with Crippen LogP contribution in [0.2, 0.25) is 0 Å². The van der Waals surface area contributed by atoms with Gasteiger partial charge in [0.1, 0.15) is 0 Å². The first-order valence-electron chi connectivity index (χ1n) is 5.60. The van der Waals surface area contributed by atoms with Crippen molar-refractivity contribution in [2.45, 2.75) is 50.8 Å². The van der Waals surface area contributed by atoms with E-state index in [4.69, 9.17) is 0 Å². The number of hydrogen-bond acceptors (Lipinski definition) is 2. The van der Waals surface area contributed by atoms with Crippen LogP contribution in [0, 0.1) is 5.92 Å². The standard InChI is InChI=1S/C11H23NS/c1-4-9-6-7-10(12-3)11(8-9)13-5-2/h9-12H,4-8H2,1-3H3. The zero-order valence-corrected chi connectivity index (χ0v) is 9.99. The molecule has 13 heavy (non-hydrogen) atoms. The lowest BCUT2D eigenvalue weighted by atomic mass is 9.84. The van der Waals surface area contributed by atoms with Gasteiger partial charge in [0.2, 0.25) is 0 Å². The summed E-state index contributed by atoms with van der Waals surface area (Å²) in [6.07, 6.45) is 5.62. The number of hydrogen-bond donors (Lipinski definition) is 1. The van der Waals surface area contributed by atoms with Crippen molar-refractivity contribution in [2.75, 3.05) is 12.8 Å². The summed E-state index contributed by atoms with van der Waals surface area (Å²) in [6, 6.07) is 0.771. The van der Waals surface area contributed by atoms with Crippen molar-refractivity contribution in [3.8, 4) is 0 Å². The van der Waals surface area contributed by atoms with E-state index in [1.807, 2.05) is 0 Å². The Morgan fingerprint density at radius 2 is 2.08 bits per heavy atom. The van der Waals surface area contributed by atoms with Crippen LogP contribution in [0.3, 0.4) is 0 Å². The Kier molecular flexibility index (Phi) is 5.18. The molecular weight excluding hydrogens is 178 g/mol. The van der Waals surface area contributed by atoms with Crippen LogP contribution in [0.15, 0.2) is 0 Å². The van der Waals surface area contributed by atoms with E-state index >= 15 is 0 Å². The van der Waals surface area contributed by atoms with Gasteiger partial charge in [0, 0.05) is 11.3 Å². The number of nitrogens with one attached hydrogen (secondary N) is 1. The van der Waals surface area contributed by atoms with Crippen LogP contribution in [0.4, 0.5) is 0 Å². The lowest BCUT2D eigenvalue weighted by molar-refractivity contribution is 0.304. The zero-order valence-electron chi connectivity index (χ0n) is 9.18. The second-order valence-electron chi connectivity index (χ2n) is 3.98. The van der Waals surface area contributed by atoms with Crippen LogP contribution >= 0.6 is 11.8 Å². The molecule has 1 aliphatic carbocycles. The van der Waals surface area contributed by atoms with Crippen molar-refractivity contribution in [1.29, 1.82) is 0 Å². The average Bonchev–Trinajstić information content (AvgIpc) is 2.18. The maximum atomic E-state index is 3.46. The normalized spacial score (nSPS) is 34.8. The third-order valence-corrected chi connectivity index (χ3v) is 4.51. The quantitative estimate of drug-likeness (QED) is 0.750. The Labute approximate surface area is 87.1 Å². The van der Waals surface area contributed by atoms with Crippen LogP contribution in [0.1, 0.15) is 39.5 Å². The minimum atomic E-state index is 0.771. The van der Waals surface area contributed by atoms with Gasteiger partial charge in [-0.15, -0.1) is 0 Å². The second kappa shape index (κ2) is 5.92. The van der Waals surface area contributed by atoms with Gasteiger partial charge in [-0.1, -0.05) is 20.3 Å². The molecule has 1 aliphatic rings. The van der Waals surface area contributed by atoms with E-state index in [2.05, 4.69) is 38.0 Å². The van der Waals surface area contributed by atoms with Crippen LogP contribution < -0.4 is 5.32 Å². The first kappa shape index (κ1) is 11.4. The summed E-state index contributed by atoms with van der Waals surface area (Å²) in [5, 5.41) is 4.33. The summed E-state index contributed by atoms with van der Waals surface area (Å²) in [5.74, 6) is 2.26. The minimum Gasteiger partial charge on any atom is -0.316 e. The van der Waals surface area contributed by atoms with Crippen LogP contribution in [-0.4, -0.2) is 24.1 Å². The van der Waals surface area contributed by atoms with Gasteiger partial charge in [0.05, 0.1) is 0 Å². The maximum absolute atomic E-state index is 3.46. The topological polar surface area (TPSA) is 12.0 Å². The first-order valence-corrected chi connectivity index (χ1v) is 6.65. The van der Waals surface area contributed by atoms with Crippen LogP contribution in [0.5, 0.6) is 0 Å². The fourth-order valence-corrected chi connectivity index (χ4v) is 3.65. The van der Waals surface area contributed by atoms with Gasteiger partial charge in [0.25, 0.3) is 0 Å². The molecule has 1 rings (SSSR count). The molecule has 0 radical (unpaired) electrons. The van der Waals surface area contributed by atoms with Gasteiger partial charge in [-0.25, -0.2) is 0 Å². The smallest absolute Gasteiger partial charge is 0.0203 e. The van der Waals surface area contributed by atoms with Gasteiger partial charge in [-0.05, 0) is 38.0 Å².